The number of nitrogens with one attached hydrogen (secondary N) is 2. The standard InChI is InChI=1S/C5H6N2O2/c1-2-3-4(8)7-5(9)6-3/h2-3H,1H2,(H2,6,7,8,9). The van der Waals surface area contributed by atoms with Gasteiger partial charge in [0, 0.05) is 0 Å². The molecule has 0 aromatic rings. The van der Waals surface area contributed by atoms with Crippen molar-refractivity contribution >= 4 is 11.9 Å². The van der Waals surface area contributed by atoms with Gasteiger partial charge in [-0.2, -0.15) is 0 Å². The summed E-state index contributed by atoms with van der Waals surface area (Å²) in [5.41, 5.74) is 0. The van der Waals surface area contributed by atoms with Crippen LogP contribution in [0.15, 0.2) is 12.7 Å². The highest BCUT2D eigenvalue weighted by atomic mass is 16.2. The molecule has 0 spiro atoms. The van der Waals surface area contributed by atoms with Gasteiger partial charge in [-0.3, -0.25) is 10.1 Å². The fraction of sp³-hybridized carbons (Fsp3) is 0.200. The lowest BCUT2D eigenvalue weighted by atomic mass is 10.3. The zero-order valence-electron chi connectivity index (χ0n) is 4.68. The van der Waals surface area contributed by atoms with Gasteiger partial charge >= 0.3 is 6.03 Å². The maximum atomic E-state index is 10.6. The lowest BCUT2D eigenvalue weighted by molar-refractivity contribution is -0.119. The molecule has 0 radical (unpaired) electrons. The van der Waals surface area contributed by atoms with Gasteiger partial charge < -0.3 is 5.32 Å². The second-order valence-electron chi connectivity index (χ2n) is 1.68. The molecule has 1 atom stereocenters. The minimum absolute atomic E-state index is 0.338. The minimum Gasteiger partial charge on any atom is -0.322 e. The van der Waals surface area contributed by atoms with E-state index in [2.05, 4.69) is 17.2 Å². The predicted octanol–water partition coefficient (Wildman–Crippen LogP) is -0.620. The first-order valence-corrected chi connectivity index (χ1v) is 2.48. The summed E-state index contributed by atoms with van der Waals surface area (Å²) in [4.78, 5) is 20.9. The zero-order valence-corrected chi connectivity index (χ0v) is 4.68. The van der Waals surface area contributed by atoms with E-state index in [1.807, 2.05) is 0 Å². The Bertz CT molecular complexity index is 176. The van der Waals surface area contributed by atoms with Crippen LogP contribution >= 0.6 is 0 Å². The average Bonchev–Trinajstić information content (AvgIpc) is 2.10. The van der Waals surface area contributed by atoms with Gasteiger partial charge in [0.15, 0.2) is 0 Å². The number of amides is 3. The van der Waals surface area contributed by atoms with E-state index in [1.165, 1.54) is 6.08 Å². The third-order valence-corrected chi connectivity index (χ3v) is 1.04. The molecule has 3 amide bonds. The van der Waals surface area contributed by atoms with Crippen molar-refractivity contribution in [1.82, 2.24) is 10.6 Å². The summed E-state index contributed by atoms with van der Waals surface area (Å²) >= 11 is 0. The third-order valence-electron chi connectivity index (χ3n) is 1.04. The normalized spacial score (nSPS) is 25.1. The summed E-state index contributed by atoms with van der Waals surface area (Å²) < 4.78 is 0. The fourth-order valence-electron chi connectivity index (χ4n) is 0.598. The fourth-order valence-corrected chi connectivity index (χ4v) is 0.598. The number of urea groups is 1. The van der Waals surface area contributed by atoms with Crippen molar-refractivity contribution in [3.8, 4) is 0 Å². The molecule has 1 rings (SSSR count). The predicted molar refractivity (Wildman–Crippen MR) is 30.7 cm³/mol. The molecule has 4 heteroatoms. The number of hydrogen-bond donors (Lipinski definition) is 2. The highest BCUT2D eigenvalue weighted by Crippen LogP contribution is 1.91. The topological polar surface area (TPSA) is 58.2 Å². The van der Waals surface area contributed by atoms with Crippen molar-refractivity contribution in [1.29, 1.82) is 0 Å². The van der Waals surface area contributed by atoms with E-state index in [9.17, 15) is 9.59 Å². The minimum atomic E-state index is -0.544. The molecule has 4 nitrogen and oxygen atoms in total. The first-order valence-electron chi connectivity index (χ1n) is 2.48. The highest BCUT2D eigenvalue weighted by molar-refractivity contribution is 6.05. The lowest BCUT2D eigenvalue weighted by Gasteiger charge is -1.94. The summed E-state index contributed by atoms with van der Waals surface area (Å²) in [6, 6.07) is -0.998. The number of rotatable bonds is 1. The smallest absolute Gasteiger partial charge is 0.322 e. The van der Waals surface area contributed by atoms with Gasteiger partial charge in [0.2, 0.25) is 0 Å². The van der Waals surface area contributed by atoms with Crippen molar-refractivity contribution < 1.29 is 9.59 Å². The van der Waals surface area contributed by atoms with Gasteiger partial charge in [-0.25, -0.2) is 4.79 Å². The number of carbonyl (C=O) groups is 2. The van der Waals surface area contributed by atoms with Crippen LogP contribution in [0.5, 0.6) is 0 Å². The average molecular weight is 126 g/mol. The van der Waals surface area contributed by atoms with Crippen LogP contribution in [0.2, 0.25) is 0 Å². The summed E-state index contributed by atoms with van der Waals surface area (Å²) in [6.07, 6.45) is 1.38. The molecule has 0 bridgehead atoms. The summed E-state index contributed by atoms with van der Waals surface area (Å²) in [6.45, 7) is 3.35. The van der Waals surface area contributed by atoms with Gasteiger partial charge in [-0.15, -0.1) is 6.58 Å². The molecule has 48 valence electrons. The Morgan fingerprint density at radius 1 is 1.56 bits per heavy atom. The largest absolute Gasteiger partial charge is 0.322 e. The molecular formula is C5H6N2O2. The quantitative estimate of drug-likeness (QED) is 0.363. The van der Waals surface area contributed by atoms with E-state index in [4.69, 9.17) is 0 Å². The molecule has 1 aliphatic rings. The summed E-state index contributed by atoms with van der Waals surface area (Å²) in [5.74, 6) is -0.338. The summed E-state index contributed by atoms with van der Waals surface area (Å²) in [7, 11) is 0. The van der Waals surface area contributed by atoms with E-state index in [0.717, 1.165) is 0 Å². The Morgan fingerprint density at radius 2 is 2.22 bits per heavy atom. The van der Waals surface area contributed by atoms with Crippen molar-refractivity contribution in [3.05, 3.63) is 12.7 Å². The van der Waals surface area contributed by atoms with Gasteiger partial charge in [-0.05, 0) is 0 Å². The van der Waals surface area contributed by atoms with Crippen molar-refractivity contribution in [3.63, 3.8) is 0 Å². The second kappa shape index (κ2) is 1.89. The zero-order chi connectivity index (χ0) is 6.85. The maximum Gasteiger partial charge on any atom is 0.322 e. The summed E-state index contributed by atoms with van der Waals surface area (Å²) in [5, 5.41) is 4.39. The van der Waals surface area contributed by atoms with E-state index in [-0.39, 0.29) is 5.91 Å². The molecule has 1 fully saturated rings. The lowest BCUT2D eigenvalue weighted by Crippen LogP contribution is -2.25. The van der Waals surface area contributed by atoms with Crippen molar-refractivity contribution in [2.24, 2.45) is 0 Å². The molecule has 0 aromatic heterocycles. The maximum absolute atomic E-state index is 10.6. The molecule has 9 heavy (non-hydrogen) atoms. The third kappa shape index (κ3) is 0.910. The monoisotopic (exact) mass is 126 g/mol. The molecule has 1 heterocycles. The Morgan fingerprint density at radius 3 is 2.44 bits per heavy atom. The van der Waals surface area contributed by atoms with Crippen LogP contribution < -0.4 is 10.6 Å². The number of hydrogen-bond acceptors (Lipinski definition) is 2. The highest BCUT2D eigenvalue weighted by Gasteiger charge is 2.25. The van der Waals surface area contributed by atoms with Crippen LogP contribution in [0, 0.1) is 0 Å². The van der Waals surface area contributed by atoms with Crippen LogP contribution in [0.3, 0.4) is 0 Å². The van der Waals surface area contributed by atoms with E-state index >= 15 is 0 Å². The molecule has 1 saturated heterocycles. The van der Waals surface area contributed by atoms with Gasteiger partial charge in [-0.1, -0.05) is 6.08 Å². The SMILES string of the molecule is C=CC1NC(=O)NC1=O. The van der Waals surface area contributed by atoms with Crippen LogP contribution in [0.1, 0.15) is 0 Å². The molecule has 1 aliphatic heterocycles. The van der Waals surface area contributed by atoms with Gasteiger partial charge in [0.25, 0.3) is 5.91 Å². The van der Waals surface area contributed by atoms with Gasteiger partial charge in [0.1, 0.15) is 6.04 Å². The molecule has 0 aromatic carbocycles. The first kappa shape index (κ1) is 5.81. The molecular weight excluding hydrogens is 120 g/mol. The Kier molecular flexibility index (Phi) is 1.22. The van der Waals surface area contributed by atoms with Crippen molar-refractivity contribution in [2.75, 3.05) is 0 Å². The van der Waals surface area contributed by atoms with Crippen LogP contribution in [0.25, 0.3) is 0 Å². The number of imide groups is 1. The van der Waals surface area contributed by atoms with E-state index < -0.39 is 12.1 Å². The molecule has 0 aliphatic carbocycles. The molecule has 1 unspecified atom stereocenters. The number of carbonyl (C=O) groups excluding carboxylic acids is 2. The van der Waals surface area contributed by atoms with Crippen LogP contribution in [0.4, 0.5) is 4.79 Å². The van der Waals surface area contributed by atoms with E-state index in [0.29, 0.717) is 0 Å². The van der Waals surface area contributed by atoms with Crippen LogP contribution in [-0.2, 0) is 4.79 Å². The Hall–Kier alpha value is -1.32. The first-order chi connectivity index (χ1) is 4.24. The molecule has 0 saturated carbocycles. The molecule has 2 N–H and O–H groups in total. The van der Waals surface area contributed by atoms with Crippen molar-refractivity contribution in [2.45, 2.75) is 6.04 Å². The van der Waals surface area contributed by atoms with E-state index in [1.54, 1.807) is 0 Å². The van der Waals surface area contributed by atoms with Crippen LogP contribution in [-0.4, -0.2) is 18.0 Å². The van der Waals surface area contributed by atoms with Gasteiger partial charge in [0.05, 0.1) is 0 Å². The Balaban J connectivity index is 2.68. The second-order valence-corrected chi connectivity index (χ2v) is 1.68. The Labute approximate surface area is 51.9 Å².